The fraction of sp³-hybridized carbons (Fsp3) is 0.200. The minimum absolute atomic E-state index is 0.540. The van der Waals surface area contributed by atoms with E-state index in [1.54, 1.807) is 7.11 Å². The molecule has 0 aliphatic heterocycles. The molecule has 1 N–H and O–H groups in total. The lowest BCUT2D eigenvalue weighted by molar-refractivity contribution is 0.414. The zero-order valence-corrected chi connectivity index (χ0v) is 9.16. The first-order chi connectivity index (χ1) is 7.28. The Morgan fingerprint density at radius 3 is 2.60 bits per heavy atom. The molecule has 0 saturated carbocycles. The van der Waals surface area contributed by atoms with Gasteiger partial charge in [0.05, 0.1) is 7.11 Å². The quantitative estimate of drug-likeness (QED) is 0.775. The van der Waals surface area contributed by atoms with E-state index in [1.807, 2.05) is 24.3 Å². The highest BCUT2D eigenvalue weighted by Crippen LogP contribution is 2.13. The Morgan fingerprint density at radius 2 is 2.07 bits per heavy atom. The van der Waals surface area contributed by atoms with Gasteiger partial charge in [-0.3, -0.25) is 5.10 Å². The Labute approximate surface area is 93.1 Å². The molecule has 0 radical (unpaired) electrons. The summed E-state index contributed by atoms with van der Waals surface area (Å²) in [6, 6.07) is 7.83. The van der Waals surface area contributed by atoms with Crippen LogP contribution in [0.25, 0.3) is 0 Å². The summed E-state index contributed by atoms with van der Waals surface area (Å²) in [4.78, 5) is 4.11. The number of nitrogens with one attached hydrogen (secondary N) is 1. The Bertz CT molecular complexity index is 438. The molecule has 0 fully saturated rings. The number of thiol groups is 1. The summed E-state index contributed by atoms with van der Waals surface area (Å²) >= 11 is 4.05. The molecule has 0 saturated heterocycles. The fourth-order valence-corrected chi connectivity index (χ4v) is 1.46. The Morgan fingerprint density at radius 1 is 1.33 bits per heavy atom. The van der Waals surface area contributed by atoms with E-state index in [0.29, 0.717) is 11.6 Å². The van der Waals surface area contributed by atoms with Crippen LogP contribution >= 0.6 is 12.6 Å². The summed E-state index contributed by atoms with van der Waals surface area (Å²) in [6.45, 7) is 0. The lowest BCUT2D eigenvalue weighted by atomic mass is 10.1. The van der Waals surface area contributed by atoms with E-state index in [2.05, 4.69) is 27.8 Å². The first-order valence-electron chi connectivity index (χ1n) is 4.51. The molecule has 0 aliphatic carbocycles. The maximum absolute atomic E-state index is 5.07. The average molecular weight is 221 g/mol. The second-order valence-corrected chi connectivity index (χ2v) is 3.52. The van der Waals surface area contributed by atoms with Crippen LogP contribution in [0.5, 0.6) is 5.75 Å². The van der Waals surface area contributed by atoms with Crippen LogP contribution in [-0.4, -0.2) is 22.3 Å². The van der Waals surface area contributed by atoms with Crippen LogP contribution in [0.15, 0.2) is 29.4 Å². The molecular formula is C10H11N3OS. The van der Waals surface area contributed by atoms with Gasteiger partial charge in [0.15, 0.2) is 11.0 Å². The van der Waals surface area contributed by atoms with Crippen LogP contribution < -0.4 is 4.74 Å². The molecule has 15 heavy (non-hydrogen) atoms. The first kappa shape index (κ1) is 10.0. The van der Waals surface area contributed by atoms with Gasteiger partial charge in [-0.15, -0.1) is 12.6 Å². The number of hydrogen-bond acceptors (Lipinski definition) is 4. The van der Waals surface area contributed by atoms with Crippen molar-refractivity contribution in [3.8, 4) is 5.75 Å². The summed E-state index contributed by atoms with van der Waals surface area (Å²) < 4.78 is 5.07. The summed E-state index contributed by atoms with van der Waals surface area (Å²) in [5.41, 5.74) is 1.14. The monoisotopic (exact) mass is 221 g/mol. The SMILES string of the molecule is COc1ccc(Cc2n[nH]c(S)n2)cc1. The summed E-state index contributed by atoms with van der Waals surface area (Å²) in [6.07, 6.45) is 0.695. The zero-order valence-electron chi connectivity index (χ0n) is 8.27. The van der Waals surface area contributed by atoms with Crippen molar-refractivity contribution in [3.05, 3.63) is 35.7 Å². The van der Waals surface area contributed by atoms with Crippen molar-refractivity contribution in [1.82, 2.24) is 15.2 Å². The number of aromatic nitrogens is 3. The fourth-order valence-electron chi connectivity index (χ4n) is 1.29. The van der Waals surface area contributed by atoms with Crippen molar-refractivity contribution in [1.29, 1.82) is 0 Å². The molecule has 2 rings (SSSR count). The normalized spacial score (nSPS) is 10.3. The van der Waals surface area contributed by atoms with Crippen LogP contribution in [0.2, 0.25) is 0 Å². The van der Waals surface area contributed by atoms with E-state index in [0.717, 1.165) is 17.1 Å². The van der Waals surface area contributed by atoms with Gasteiger partial charge in [-0.05, 0) is 17.7 Å². The Kier molecular flexibility index (Phi) is 2.91. The van der Waals surface area contributed by atoms with Crippen molar-refractivity contribution in [2.24, 2.45) is 0 Å². The first-order valence-corrected chi connectivity index (χ1v) is 4.96. The molecule has 0 atom stereocenters. The number of ether oxygens (including phenoxy) is 1. The molecule has 0 unspecified atom stereocenters. The maximum Gasteiger partial charge on any atom is 0.180 e. The summed E-state index contributed by atoms with van der Waals surface area (Å²) in [7, 11) is 1.65. The lowest BCUT2D eigenvalue weighted by Crippen LogP contribution is -1.91. The van der Waals surface area contributed by atoms with Crippen molar-refractivity contribution in [3.63, 3.8) is 0 Å². The van der Waals surface area contributed by atoms with Crippen molar-refractivity contribution in [2.75, 3.05) is 7.11 Å². The second-order valence-electron chi connectivity index (χ2n) is 3.10. The Balaban J connectivity index is 2.11. The van der Waals surface area contributed by atoms with Gasteiger partial charge in [0.2, 0.25) is 0 Å². The minimum Gasteiger partial charge on any atom is -0.497 e. The third-order valence-electron chi connectivity index (χ3n) is 2.04. The number of nitrogens with zero attached hydrogens (tertiary/aromatic N) is 2. The van der Waals surface area contributed by atoms with Crippen LogP contribution in [0.3, 0.4) is 0 Å². The van der Waals surface area contributed by atoms with Gasteiger partial charge in [-0.1, -0.05) is 12.1 Å². The molecule has 2 aromatic rings. The molecule has 78 valence electrons. The van der Waals surface area contributed by atoms with Gasteiger partial charge in [0.25, 0.3) is 0 Å². The van der Waals surface area contributed by atoms with E-state index in [-0.39, 0.29) is 0 Å². The lowest BCUT2D eigenvalue weighted by Gasteiger charge is -2.00. The van der Waals surface area contributed by atoms with Crippen LogP contribution in [0.4, 0.5) is 0 Å². The van der Waals surface area contributed by atoms with Crippen molar-refractivity contribution >= 4 is 12.6 Å². The molecule has 0 amide bonds. The van der Waals surface area contributed by atoms with Gasteiger partial charge in [-0.25, -0.2) is 4.98 Å². The van der Waals surface area contributed by atoms with Crippen LogP contribution in [-0.2, 0) is 6.42 Å². The highest BCUT2D eigenvalue weighted by atomic mass is 32.1. The molecule has 5 heteroatoms. The number of H-pyrrole nitrogens is 1. The predicted octanol–water partition coefficient (Wildman–Crippen LogP) is 1.69. The molecule has 1 aromatic heterocycles. The molecule has 1 heterocycles. The molecule has 0 spiro atoms. The standard InChI is InChI=1S/C10H11N3OS/c1-14-8-4-2-7(3-5-8)6-9-11-10(15)13-12-9/h2-5H,6H2,1H3,(H2,11,12,13,15). The van der Waals surface area contributed by atoms with Crippen LogP contribution in [0, 0.1) is 0 Å². The Hall–Kier alpha value is -1.49. The second kappa shape index (κ2) is 4.35. The zero-order chi connectivity index (χ0) is 10.7. The van der Waals surface area contributed by atoms with Crippen molar-refractivity contribution < 1.29 is 4.74 Å². The van der Waals surface area contributed by atoms with E-state index in [4.69, 9.17) is 4.74 Å². The molecule has 4 nitrogen and oxygen atoms in total. The van der Waals surface area contributed by atoms with Gasteiger partial charge < -0.3 is 4.74 Å². The molecule has 0 bridgehead atoms. The average Bonchev–Trinajstić information content (AvgIpc) is 2.65. The van der Waals surface area contributed by atoms with Gasteiger partial charge in [-0.2, -0.15) is 5.10 Å². The molecular weight excluding hydrogens is 210 g/mol. The third-order valence-corrected chi connectivity index (χ3v) is 2.24. The predicted molar refractivity (Wildman–Crippen MR) is 59.4 cm³/mol. The highest BCUT2D eigenvalue weighted by molar-refractivity contribution is 7.80. The van der Waals surface area contributed by atoms with E-state index < -0.39 is 0 Å². The third kappa shape index (κ3) is 2.50. The maximum atomic E-state index is 5.07. The highest BCUT2D eigenvalue weighted by Gasteiger charge is 2.01. The summed E-state index contributed by atoms with van der Waals surface area (Å²) in [5.74, 6) is 1.59. The van der Waals surface area contributed by atoms with Gasteiger partial charge in [0, 0.05) is 6.42 Å². The van der Waals surface area contributed by atoms with Crippen molar-refractivity contribution in [2.45, 2.75) is 11.6 Å². The minimum atomic E-state index is 0.540. The topological polar surface area (TPSA) is 50.8 Å². The van der Waals surface area contributed by atoms with E-state index >= 15 is 0 Å². The number of hydrogen-bond donors (Lipinski definition) is 2. The van der Waals surface area contributed by atoms with E-state index in [1.165, 1.54) is 0 Å². The number of benzene rings is 1. The van der Waals surface area contributed by atoms with Gasteiger partial charge in [0.1, 0.15) is 5.75 Å². The number of aromatic amines is 1. The number of rotatable bonds is 3. The molecule has 0 aliphatic rings. The smallest absolute Gasteiger partial charge is 0.180 e. The van der Waals surface area contributed by atoms with Gasteiger partial charge >= 0.3 is 0 Å². The summed E-state index contributed by atoms with van der Waals surface area (Å²) in [5, 5.41) is 7.24. The largest absolute Gasteiger partial charge is 0.497 e. The molecule has 1 aromatic carbocycles. The van der Waals surface area contributed by atoms with E-state index in [9.17, 15) is 0 Å². The number of methoxy groups -OCH3 is 1. The van der Waals surface area contributed by atoms with Crippen LogP contribution in [0.1, 0.15) is 11.4 Å².